The summed E-state index contributed by atoms with van der Waals surface area (Å²) in [5.74, 6) is 1.17. The van der Waals surface area contributed by atoms with Crippen LogP contribution in [-0.2, 0) is 11.3 Å². The van der Waals surface area contributed by atoms with Gasteiger partial charge in [-0.15, -0.1) is 24.0 Å². The number of hydrogen-bond acceptors (Lipinski definition) is 5. The number of carbonyl (C=O) groups is 1. The highest BCUT2D eigenvalue weighted by Gasteiger charge is 2.22. The van der Waals surface area contributed by atoms with E-state index in [0.29, 0.717) is 50.1 Å². The predicted octanol–water partition coefficient (Wildman–Crippen LogP) is 1.95. The second-order valence-corrected chi connectivity index (χ2v) is 7.10. The molecule has 0 aliphatic carbocycles. The van der Waals surface area contributed by atoms with Gasteiger partial charge in [0.05, 0.1) is 0 Å². The summed E-state index contributed by atoms with van der Waals surface area (Å²) in [5, 5.41) is 6.27. The van der Waals surface area contributed by atoms with Crippen LogP contribution in [0.15, 0.2) is 41.7 Å². The molecular weight excluding hydrogens is 512 g/mol. The van der Waals surface area contributed by atoms with Gasteiger partial charge in [-0.2, -0.15) is 0 Å². The Morgan fingerprint density at radius 2 is 1.87 bits per heavy atom. The minimum absolute atomic E-state index is 0. The van der Waals surface area contributed by atoms with Crippen LogP contribution in [-0.4, -0.2) is 66.5 Å². The van der Waals surface area contributed by atoms with Crippen molar-refractivity contribution in [2.75, 3.05) is 44.7 Å². The van der Waals surface area contributed by atoms with Crippen molar-refractivity contribution in [3.63, 3.8) is 0 Å². The summed E-state index contributed by atoms with van der Waals surface area (Å²) in [6.45, 7) is 5.42. The van der Waals surface area contributed by atoms with Crippen LogP contribution in [0.4, 0.5) is 10.3 Å². The number of piperazine rings is 1. The quantitative estimate of drug-likeness (QED) is 0.331. The van der Waals surface area contributed by atoms with Crippen molar-refractivity contribution >= 4 is 41.8 Å². The first-order valence-electron chi connectivity index (χ1n) is 10.1. The summed E-state index contributed by atoms with van der Waals surface area (Å²) in [6, 6.07) is 6.94. The molecule has 1 amide bonds. The summed E-state index contributed by atoms with van der Waals surface area (Å²) < 4.78 is 13.6. The van der Waals surface area contributed by atoms with E-state index < -0.39 is 0 Å². The molecule has 0 bridgehead atoms. The van der Waals surface area contributed by atoms with Crippen molar-refractivity contribution < 1.29 is 9.18 Å². The molecule has 2 aromatic rings. The molecule has 2 heterocycles. The fourth-order valence-electron chi connectivity index (χ4n) is 3.21. The van der Waals surface area contributed by atoms with Gasteiger partial charge in [0.1, 0.15) is 5.82 Å². The molecule has 0 radical (unpaired) electrons. The zero-order valence-corrected chi connectivity index (χ0v) is 20.2. The number of aryl methyl sites for hydroxylation is 1. The van der Waals surface area contributed by atoms with Crippen LogP contribution >= 0.6 is 24.0 Å². The van der Waals surface area contributed by atoms with E-state index in [9.17, 15) is 9.18 Å². The average Bonchev–Trinajstić information content (AvgIpc) is 2.79. The normalized spacial score (nSPS) is 14.1. The number of carbonyl (C=O) groups excluding carboxylic acids is 1. The minimum Gasteiger partial charge on any atom is -0.356 e. The lowest BCUT2D eigenvalue weighted by molar-refractivity contribution is -0.131. The van der Waals surface area contributed by atoms with E-state index in [1.54, 1.807) is 38.5 Å². The van der Waals surface area contributed by atoms with Gasteiger partial charge < -0.3 is 20.4 Å². The van der Waals surface area contributed by atoms with E-state index in [4.69, 9.17) is 0 Å². The van der Waals surface area contributed by atoms with E-state index >= 15 is 0 Å². The van der Waals surface area contributed by atoms with Crippen LogP contribution < -0.4 is 15.5 Å². The van der Waals surface area contributed by atoms with Gasteiger partial charge >= 0.3 is 0 Å². The molecule has 0 atom stereocenters. The van der Waals surface area contributed by atoms with E-state index in [2.05, 4.69) is 30.5 Å². The summed E-state index contributed by atoms with van der Waals surface area (Å²) in [6.07, 6.45) is 3.82. The number of hydrogen-bond donors (Lipinski definition) is 2. The molecule has 0 spiro atoms. The third-order valence-corrected chi connectivity index (χ3v) is 5.02. The third kappa shape index (κ3) is 7.30. The van der Waals surface area contributed by atoms with Gasteiger partial charge in [0.25, 0.3) is 0 Å². The van der Waals surface area contributed by atoms with Crippen molar-refractivity contribution in [2.45, 2.75) is 19.9 Å². The van der Waals surface area contributed by atoms with Crippen LogP contribution in [0.1, 0.15) is 17.5 Å². The minimum atomic E-state index is -0.221. The SMILES string of the molecule is CN=C(NCCC(=O)N1CCN(c2ncccn2)CC1)NCc1ccc(C)c(F)c1.I. The van der Waals surface area contributed by atoms with Crippen LogP contribution in [0.3, 0.4) is 0 Å². The fraction of sp³-hybridized carbons (Fsp3) is 0.429. The van der Waals surface area contributed by atoms with Gasteiger partial charge in [0, 0.05) is 65.1 Å². The second-order valence-electron chi connectivity index (χ2n) is 7.10. The zero-order valence-electron chi connectivity index (χ0n) is 17.8. The number of guanidine groups is 1. The number of nitrogens with one attached hydrogen (secondary N) is 2. The summed E-state index contributed by atoms with van der Waals surface area (Å²) >= 11 is 0. The smallest absolute Gasteiger partial charge is 0.225 e. The van der Waals surface area contributed by atoms with Crippen LogP contribution in [0.5, 0.6) is 0 Å². The molecule has 168 valence electrons. The lowest BCUT2D eigenvalue weighted by Gasteiger charge is -2.34. The highest BCUT2D eigenvalue weighted by molar-refractivity contribution is 14.0. The first-order valence-corrected chi connectivity index (χ1v) is 10.1. The first kappa shape index (κ1) is 24.8. The Bertz CT molecular complexity index is 873. The Labute approximate surface area is 199 Å². The molecule has 8 nitrogen and oxygen atoms in total. The van der Waals surface area contributed by atoms with Gasteiger partial charge in [-0.1, -0.05) is 12.1 Å². The molecule has 1 saturated heterocycles. The Hall–Kier alpha value is -2.50. The van der Waals surface area contributed by atoms with E-state index in [1.165, 1.54) is 6.07 Å². The van der Waals surface area contributed by atoms with E-state index in [-0.39, 0.29) is 35.7 Å². The molecule has 1 fully saturated rings. The first-order chi connectivity index (χ1) is 14.6. The van der Waals surface area contributed by atoms with Crippen molar-refractivity contribution in [3.05, 3.63) is 53.6 Å². The summed E-state index contributed by atoms with van der Waals surface area (Å²) in [7, 11) is 1.66. The molecular formula is C21H29FIN7O. The van der Waals surface area contributed by atoms with Gasteiger partial charge in [-0.05, 0) is 30.2 Å². The van der Waals surface area contributed by atoms with Crippen molar-refractivity contribution in [1.29, 1.82) is 0 Å². The zero-order chi connectivity index (χ0) is 21.3. The highest BCUT2D eigenvalue weighted by atomic mass is 127. The number of rotatable bonds is 6. The number of halogens is 2. The van der Waals surface area contributed by atoms with Crippen molar-refractivity contribution in [1.82, 2.24) is 25.5 Å². The molecule has 2 N–H and O–H groups in total. The topological polar surface area (TPSA) is 85.8 Å². The van der Waals surface area contributed by atoms with Crippen LogP contribution in [0.2, 0.25) is 0 Å². The number of amides is 1. The molecule has 1 aromatic heterocycles. The van der Waals surface area contributed by atoms with Crippen LogP contribution in [0, 0.1) is 12.7 Å². The number of aliphatic imine (C=N–C) groups is 1. The Balaban J connectivity index is 0.00000341. The Kier molecular flexibility index (Phi) is 9.89. The Morgan fingerprint density at radius 1 is 1.16 bits per heavy atom. The molecule has 31 heavy (non-hydrogen) atoms. The third-order valence-electron chi connectivity index (χ3n) is 5.02. The van der Waals surface area contributed by atoms with Crippen LogP contribution in [0.25, 0.3) is 0 Å². The monoisotopic (exact) mass is 541 g/mol. The maximum absolute atomic E-state index is 13.6. The van der Waals surface area contributed by atoms with Crippen molar-refractivity contribution in [3.8, 4) is 0 Å². The molecule has 1 aliphatic heterocycles. The van der Waals surface area contributed by atoms with Gasteiger partial charge in [-0.25, -0.2) is 14.4 Å². The summed E-state index contributed by atoms with van der Waals surface area (Å²) in [5.41, 5.74) is 1.45. The highest BCUT2D eigenvalue weighted by Crippen LogP contribution is 2.10. The lowest BCUT2D eigenvalue weighted by Crippen LogP contribution is -2.50. The fourth-order valence-corrected chi connectivity index (χ4v) is 3.21. The van der Waals surface area contributed by atoms with Gasteiger partial charge in [0.2, 0.25) is 11.9 Å². The summed E-state index contributed by atoms with van der Waals surface area (Å²) in [4.78, 5) is 29.1. The van der Waals surface area contributed by atoms with E-state index in [1.807, 2.05) is 11.0 Å². The second kappa shape index (κ2) is 12.4. The molecule has 0 unspecified atom stereocenters. The van der Waals surface area contributed by atoms with Crippen molar-refractivity contribution in [2.24, 2.45) is 4.99 Å². The molecule has 3 rings (SSSR count). The average molecular weight is 541 g/mol. The van der Waals surface area contributed by atoms with Gasteiger partial charge in [-0.3, -0.25) is 9.79 Å². The number of nitrogens with zero attached hydrogens (tertiary/aromatic N) is 5. The molecule has 0 saturated carbocycles. The number of benzene rings is 1. The molecule has 1 aromatic carbocycles. The maximum atomic E-state index is 13.6. The maximum Gasteiger partial charge on any atom is 0.225 e. The predicted molar refractivity (Wildman–Crippen MR) is 130 cm³/mol. The lowest BCUT2D eigenvalue weighted by atomic mass is 10.1. The molecule has 10 heteroatoms. The number of aromatic nitrogens is 2. The van der Waals surface area contributed by atoms with Gasteiger partial charge in [0.15, 0.2) is 5.96 Å². The Morgan fingerprint density at radius 3 is 2.52 bits per heavy atom. The number of anilines is 1. The molecule has 1 aliphatic rings. The largest absolute Gasteiger partial charge is 0.356 e. The standard InChI is InChI=1S/C21H28FN7O.HI/c1-16-4-5-17(14-18(16)22)15-27-20(23-2)24-9-6-19(30)28-10-12-29(13-11-28)21-25-7-3-8-26-21;/h3-5,7-8,14H,6,9-13,15H2,1-2H3,(H2,23,24,27);1H. The van der Waals surface area contributed by atoms with E-state index in [0.717, 1.165) is 18.7 Å².